The molecule has 23 heavy (non-hydrogen) atoms. The van der Waals surface area contributed by atoms with Gasteiger partial charge in [-0.2, -0.15) is 13.2 Å². The van der Waals surface area contributed by atoms with E-state index in [1.165, 1.54) is 11.8 Å². The van der Waals surface area contributed by atoms with E-state index in [0.717, 1.165) is 0 Å². The van der Waals surface area contributed by atoms with Gasteiger partial charge in [-0.1, -0.05) is 0 Å². The molecular formula is C14H18F3N4O2-. The molecule has 2 heterocycles. The van der Waals surface area contributed by atoms with E-state index in [-0.39, 0.29) is 11.5 Å². The van der Waals surface area contributed by atoms with Gasteiger partial charge in [-0.25, -0.2) is 9.97 Å². The van der Waals surface area contributed by atoms with Crippen LogP contribution in [0.1, 0.15) is 36.3 Å². The number of hydrogen-bond acceptors (Lipinski definition) is 5. The van der Waals surface area contributed by atoms with Crippen molar-refractivity contribution in [2.24, 2.45) is 5.92 Å². The number of nitrogen functional groups attached to an aromatic ring is 1. The zero-order chi connectivity index (χ0) is 17.2. The minimum absolute atomic E-state index is 0.142. The van der Waals surface area contributed by atoms with Crippen LogP contribution in [0.5, 0.6) is 0 Å². The molecular weight excluding hydrogens is 313 g/mol. The standard InChI is InChI=1S/C14H19F3N4O2/c1-8-10(11(18)20-12(19-8)14(15,16)17)3-2-9-4-6-21(7-5-9)13(22)23/h9H,2-7H2,1H3,(H,22,23)(H2,18,19,20)/p-1. The Kier molecular flexibility index (Phi) is 4.96. The normalized spacial score (nSPS) is 16.6. The molecule has 0 radical (unpaired) electrons. The van der Waals surface area contributed by atoms with E-state index in [4.69, 9.17) is 5.73 Å². The molecule has 0 bridgehead atoms. The second-order valence-electron chi connectivity index (χ2n) is 5.73. The number of carboxylic acid groups (broad SMARTS) is 1. The lowest BCUT2D eigenvalue weighted by Crippen LogP contribution is -2.45. The molecule has 6 nitrogen and oxygen atoms in total. The highest BCUT2D eigenvalue weighted by molar-refractivity contribution is 5.62. The molecule has 0 aliphatic carbocycles. The molecule has 1 aromatic rings. The lowest BCUT2D eigenvalue weighted by molar-refractivity contribution is -0.266. The van der Waals surface area contributed by atoms with Crippen molar-refractivity contribution in [1.82, 2.24) is 14.9 Å². The van der Waals surface area contributed by atoms with Crippen molar-refractivity contribution in [3.8, 4) is 0 Å². The molecule has 9 heteroatoms. The number of carbonyl (C=O) groups is 1. The first-order valence-electron chi connectivity index (χ1n) is 7.34. The third-order valence-electron chi connectivity index (χ3n) is 4.17. The quantitative estimate of drug-likeness (QED) is 0.902. The summed E-state index contributed by atoms with van der Waals surface area (Å²) in [4.78, 5) is 18.8. The number of likely N-dealkylation sites (tertiary alicyclic amines) is 1. The third kappa shape index (κ3) is 4.23. The molecule has 1 amide bonds. The Morgan fingerprint density at radius 2 is 1.96 bits per heavy atom. The van der Waals surface area contributed by atoms with Crippen LogP contribution in [-0.4, -0.2) is 34.1 Å². The molecule has 2 N–H and O–H groups in total. The summed E-state index contributed by atoms with van der Waals surface area (Å²) in [7, 11) is 0. The van der Waals surface area contributed by atoms with Gasteiger partial charge >= 0.3 is 6.18 Å². The highest BCUT2D eigenvalue weighted by atomic mass is 19.4. The van der Waals surface area contributed by atoms with Crippen LogP contribution in [0.2, 0.25) is 0 Å². The maximum absolute atomic E-state index is 12.6. The number of hydrogen-bond donors (Lipinski definition) is 1. The number of aromatic nitrogens is 2. The first kappa shape index (κ1) is 17.3. The average Bonchev–Trinajstić information content (AvgIpc) is 2.45. The predicted octanol–water partition coefficient (Wildman–Crippen LogP) is 1.37. The first-order valence-corrected chi connectivity index (χ1v) is 7.34. The number of nitrogens with two attached hydrogens (primary N) is 1. The lowest BCUT2D eigenvalue weighted by Gasteiger charge is -2.33. The third-order valence-corrected chi connectivity index (χ3v) is 4.17. The van der Waals surface area contributed by atoms with Crippen LogP contribution in [0.3, 0.4) is 0 Å². The van der Waals surface area contributed by atoms with Crippen LogP contribution in [0.25, 0.3) is 0 Å². The minimum atomic E-state index is -4.62. The van der Waals surface area contributed by atoms with Gasteiger partial charge in [0.15, 0.2) is 0 Å². The molecule has 1 aliphatic rings. The lowest BCUT2D eigenvalue weighted by atomic mass is 9.90. The second kappa shape index (κ2) is 6.59. The van der Waals surface area contributed by atoms with Gasteiger partial charge < -0.3 is 20.5 Å². The predicted molar refractivity (Wildman–Crippen MR) is 74.2 cm³/mol. The zero-order valence-electron chi connectivity index (χ0n) is 12.7. The van der Waals surface area contributed by atoms with Crippen LogP contribution >= 0.6 is 0 Å². The number of halogens is 3. The van der Waals surface area contributed by atoms with Crippen molar-refractivity contribution in [3.05, 3.63) is 17.1 Å². The van der Waals surface area contributed by atoms with Crippen molar-refractivity contribution in [3.63, 3.8) is 0 Å². The number of amides is 1. The summed E-state index contributed by atoms with van der Waals surface area (Å²) < 4.78 is 37.9. The van der Waals surface area contributed by atoms with Crippen molar-refractivity contribution >= 4 is 11.9 Å². The Bertz CT molecular complexity index is 561. The van der Waals surface area contributed by atoms with Gasteiger partial charge in [0.2, 0.25) is 5.82 Å². The smallest absolute Gasteiger partial charge is 0.451 e. The van der Waals surface area contributed by atoms with Crippen molar-refractivity contribution in [1.29, 1.82) is 0 Å². The second-order valence-corrected chi connectivity index (χ2v) is 5.73. The summed E-state index contributed by atoms with van der Waals surface area (Å²) in [6, 6.07) is 0. The number of anilines is 1. The number of piperidine rings is 1. The van der Waals surface area contributed by atoms with Crippen LogP contribution in [-0.2, 0) is 12.6 Å². The number of aryl methyl sites for hydroxylation is 1. The fourth-order valence-corrected chi connectivity index (χ4v) is 2.81. The number of alkyl halides is 3. The van der Waals surface area contributed by atoms with Gasteiger partial charge in [-0.05, 0) is 38.5 Å². The van der Waals surface area contributed by atoms with Crippen molar-refractivity contribution in [2.45, 2.75) is 38.8 Å². The van der Waals surface area contributed by atoms with Gasteiger partial charge in [0.1, 0.15) is 11.9 Å². The molecule has 0 saturated carbocycles. The van der Waals surface area contributed by atoms with E-state index in [1.807, 2.05) is 0 Å². The molecule has 2 rings (SSSR count). The van der Waals surface area contributed by atoms with Crippen LogP contribution in [0.4, 0.5) is 23.8 Å². The fraction of sp³-hybridized carbons (Fsp3) is 0.643. The van der Waals surface area contributed by atoms with Crippen LogP contribution in [0.15, 0.2) is 0 Å². The molecule has 1 saturated heterocycles. The highest BCUT2D eigenvalue weighted by Crippen LogP contribution is 2.29. The summed E-state index contributed by atoms with van der Waals surface area (Å²) in [5.41, 5.74) is 6.41. The van der Waals surface area contributed by atoms with E-state index < -0.39 is 18.1 Å². The molecule has 0 atom stereocenters. The summed E-state index contributed by atoms with van der Waals surface area (Å²) in [5, 5.41) is 10.7. The van der Waals surface area contributed by atoms with E-state index in [9.17, 15) is 23.1 Å². The molecule has 1 aliphatic heterocycles. The molecule has 1 fully saturated rings. The Morgan fingerprint density at radius 3 is 2.43 bits per heavy atom. The van der Waals surface area contributed by atoms with E-state index in [1.54, 1.807) is 0 Å². The first-order chi connectivity index (χ1) is 10.7. The molecule has 0 spiro atoms. The van der Waals surface area contributed by atoms with Crippen LogP contribution < -0.4 is 10.8 Å². The molecule has 128 valence electrons. The zero-order valence-corrected chi connectivity index (χ0v) is 12.7. The maximum Gasteiger partial charge on any atom is 0.451 e. The molecule has 1 aromatic heterocycles. The Balaban J connectivity index is 1.98. The molecule has 0 aromatic carbocycles. The maximum atomic E-state index is 12.6. The van der Waals surface area contributed by atoms with Gasteiger partial charge in [0.25, 0.3) is 0 Å². The Hall–Kier alpha value is -2.06. The highest BCUT2D eigenvalue weighted by Gasteiger charge is 2.35. The summed E-state index contributed by atoms with van der Waals surface area (Å²) in [6.45, 7) is 2.33. The van der Waals surface area contributed by atoms with Gasteiger partial charge in [0, 0.05) is 24.3 Å². The topological polar surface area (TPSA) is 95.2 Å². The van der Waals surface area contributed by atoms with Crippen molar-refractivity contribution < 1.29 is 23.1 Å². The van der Waals surface area contributed by atoms with Gasteiger partial charge in [-0.3, -0.25) is 0 Å². The summed E-state index contributed by atoms with van der Waals surface area (Å²) >= 11 is 0. The van der Waals surface area contributed by atoms with E-state index in [0.29, 0.717) is 50.3 Å². The number of carbonyl (C=O) groups excluding carboxylic acids is 1. The monoisotopic (exact) mass is 331 g/mol. The summed E-state index contributed by atoms with van der Waals surface area (Å²) in [5.74, 6) is -1.07. The largest absolute Gasteiger partial charge is 0.530 e. The van der Waals surface area contributed by atoms with Crippen molar-refractivity contribution in [2.75, 3.05) is 18.8 Å². The SMILES string of the molecule is Cc1nc(C(F)(F)F)nc(N)c1CCC1CCN(C(=O)[O-])CC1. The number of rotatable bonds is 3. The van der Waals surface area contributed by atoms with Gasteiger partial charge in [0.05, 0.1) is 0 Å². The Labute approximate surface area is 131 Å². The molecule has 0 unspecified atom stereocenters. The summed E-state index contributed by atoms with van der Waals surface area (Å²) in [6.07, 6.45) is -3.19. The van der Waals surface area contributed by atoms with E-state index >= 15 is 0 Å². The number of nitrogens with zero attached hydrogens (tertiary/aromatic N) is 3. The van der Waals surface area contributed by atoms with E-state index in [2.05, 4.69) is 9.97 Å². The van der Waals surface area contributed by atoms with Gasteiger partial charge in [-0.15, -0.1) is 0 Å². The fourth-order valence-electron chi connectivity index (χ4n) is 2.81. The average molecular weight is 331 g/mol. The Morgan fingerprint density at radius 1 is 1.35 bits per heavy atom. The minimum Gasteiger partial charge on any atom is -0.530 e. The van der Waals surface area contributed by atoms with Crippen LogP contribution in [0, 0.1) is 12.8 Å².